The summed E-state index contributed by atoms with van der Waals surface area (Å²) in [6, 6.07) is 7.54. The van der Waals surface area contributed by atoms with Gasteiger partial charge in [0.05, 0.1) is 5.02 Å². The van der Waals surface area contributed by atoms with Crippen LogP contribution in [0.25, 0.3) is 0 Å². The number of benzene rings is 1. The lowest BCUT2D eigenvalue weighted by Gasteiger charge is -2.09. The maximum atomic E-state index is 5.96. The van der Waals surface area contributed by atoms with Crippen LogP contribution in [0.4, 0.5) is 0 Å². The third kappa shape index (κ3) is 5.38. The molecule has 1 aromatic carbocycles. The van der Waals surface area contributed by atoms with Gasteiger partial charge in [-0.2, -0.15) is 0 Å². The van der Waals surface area contributed by atoms with Crippen molar-refractivity contribution in [2.24, 2.45) is 5.92 Å². The zero-order valence-corrected chi connectivity index (χ0v) is 10.8. The van der Waals surface area contributed by atoms with E-state index in [0.29, 0.717) is 11.6 Å². The van der Waals surface area contributed by atoms with Gasteiger partial charge in [-0.1, -0.05) is 37.6 Å². The molecule has 0 fully saturated rings. The normalized spacial score (nSPS) is 10.8. The Hall–Kier alpha value is -0.730. The van der Waals surface area contributed by atoms with Crippen molar-refractivity contribution in [2.45, 2.75) is 20.3 Å². The molecule has 0 spiro atoms. The summed E-state index contributed by atoms with van der Waals surface area (Å²) >= 11 is 5.96. The first-order valence-electron chi connectivity index (χ1n) is 5.78. The first-order chi connectivity index (χ1) is 7.70. The maximum Gasteiger partial charge on any atom is 0.137 e. The molecule has 0 saturated heterocycles. The molecule has 0 saturated carbocycles. The molecule has 16 heavy (non-hydrogen) atoms. The summed E-state index contributed by atoms with van der Waals surface area (Å²) in [5.41, 5.74) is 0. The summed E-state index contributed by atoms with van der Waals surface area (Å²) in [5, 5.41) is 4.01. The number of ether oxygens (including phenoxy) is 1. The molecule has 0 aliphatic heterocycles. The van der Waals surface area contributed by atoms with Crippen molar-refractivity contribution in [1.82, 2.24) is 5.32 Å². The van der Waals surface area contributed by atoms with Crippen LogP contribution >= 0.6 is 11.6 Å². The molecule has 0 atom stereocenters. The van der Waals surface area contributed by atoms with Gasteiger partial charge in [0.25, 0.3) is 0 Å². The molecule has 0 heterocycles. The van der Waals surface area contributed by atoms with E-state index in [1.54, 1.807) is 0 Å². The first kappa shape index (κ1) is 13.3. The van der Waals surface area contributed by atoms with E-state index in [9.17, 15) is 0 Å². The Balaban J connectivity index is 2.10. The molecule has 1 aromatic rings. The van der Waals surface area contributed by atoms with E-state index in [1.165, 1.54) is 6.42 Å². The van der Waals surface area contributed by atoms with Crippen molar-refractivity contribution in [3.8, 4) is 5.75 Å². The Labute approximate surface area is 103 Å². The zero-order valence-electron chi connectivity index (χ0n) is 10.0. The van der Waals surface area contributed by atoms with Gasteiger partial charge in [0, 0.05) is 6.54 Å². The van der Waals surface area contributed by atoms with E-state index >= 15 is 0 Å². The van der Waals surface area contributed by atoms with Crippen molar-refractivity contribution >= 4 is 11.6 Å². The van der Waals surface area contributed by atoms with Gasteiger partial charge in [-0.15, -0.1) is 0 Å². The van der Waals surface area contributed by atoms with Gasteiger partial charge in [-0.25, -0.2) is 0 Å². The zero-order chi connectivity index (χ0) is 11.8. The van der Waals surface area contributed by atoms with E-state index in [4.69, 9.17) is 16.3 Å². The van der Waals surface area contributed by atoms with Crippen LogP contribution in [0.5, 0.6) is 5.75 Å². The van der Waals surface area contributed by atoms with Crippen LogP contribution in [0.3, 0.4) is 0 Å². The molecule has 0 aromatic heterocycles. The van der Waals surface area contributed by atoms with Crippen LogP contribution in [0, 0.1) is 5.92 Å². The summed E-state index contributed by atoms with van der Waals surface area (Å²) in [7, 11) is 0. The fourth-order valence-electron chi connectivity index (χ4n) is 1.31. The van der Waals surface area contributed by atoms with Crippen LogP contribution in [0.1, 0.15) is 20.3 Å². The van der Waals surface area contributed by atoms with Crippen molar-refractivity contribution < 1.29 is 4.74 Å². The summed E-state index contributed by atoms with van der Waals surface area (Å²) in [6.45, 7) is 7.01. The number of hydrogen-bond acceptors (Lipinski definition) is 2. The fourth-order valence-corrected chi connectivity index (χ4v) is 1.50. The first-order valence-corrected chi connectivity index (χ1v) is 6.16. The molecule has 0 radical (unpaired) electrons. The molecule has 0 bridgehead atoms. The van der Waals surface area contributed by atoms with Crippen molar-refractivity contribution in [2.75, 3.05) is 19.7 Å². The highest BCUT2D eigenvalue weighted by Crippen LogP contribution is 2.22. The topological polar surface area (TPSA) is 21.3 Å². The number of para-hydroxylation sites is 1. The molecule has 3 heteroatoms. The predicted molar refractivity (Wildman–Crippen MR) is 69.3 cm³/mol. The molecule has 0 amide bonds. The molecule has 1 rings (SSSR count). The number of nitrogens with one attached hydrogen (secondary N) is 1. The molecule has 0 unspecified atom stereocenters. The van der Waals surface area contributed by atoms with Gasteiger partial charge in [0.1, 0.15) is 12.4 Å². The molecular formula is C13H20ClNO. The summed E-state index contributed by atoms with van der Waals surface area (Å²) < 4.78 is 5.55. The molecule has 2 nitrogen and oxygen atoms in total. The lowest BCUT2D eigenvalue weighted by molar-refractivity contribution is 0.312. The van der Waals surface area contributed by atoms with Crippen LogP contribution in [0.2, 0.25) is 5.02 Å². The molecule has 90 valence electrons. The van der Waals surface area contributed by atoms with Crippen molar-refractivity contribution in [3.05, 3.63) is 29.3 Å². The number of rotatable bonds is 7. The van der Waals surface area contributed by atoms with Gasteiger partial charge in [0.15, 0.2) is 0 Å². The van der Waals surface area contributed by atoms with E-state index in [-0.39, 0.29) is 0 Å². The van der Waals surface area contributed by atoms with Gasteiger partial charge in [-0.3, -0.25) is 0 Å². The van der Waals surface area contributed by atoms with Gasteiger partial charge >= 0.3 is 0 Å². The molecule has 1 N–H and O–H groups in total. The standard InChI is InChI=1S/C13H20ClNO/c1-11(2)7-8-15-9-10-16-13-6-4-3-5-12(13)14/h3-6,11,15H,7-10H2,1-2H3. The van der Waals surface area contributed by atoms with Gasteiger partial charge in [0.2, 0.25) is 0 Å². The Morgan fingerprint density at radius 3 is 2.69 bits per heavy atom. The quantitative estimate of drug-likeness (QED) is 0.740. The second kappa shape index (κ2) is 7.53. The smallest absolute Gasteiger partial charge is 0.137 e. The van der Waals surface area contributed by atoms with Crippen molar-refractivity contribution in [1.29, 1.82) is 0 Å². The molecule has 0 aliphatic rings. The van der Waals surface area contributed by atoms with Gasteiger partial charge in [-0.05, 0) is 31.0 Å². The number of hydrogen-bond donors (Lipinski definition) is 1. The highest BCUT2D eigenvalue weighted by atomic mass is 35.5. The third-order valence-corrected chi connectivity index (χ3v) is 2.58. The average molecular weight is 242 g/mol. The predicted octanol–water partition coefficient (Wildman–Crippen LogP) is 3.35. The van der Waals surface area contributed by atoms with E-state index in [1.807, 2.05) is 24.3 Å². The lowest BCUT2D eigenvalue weighted by Crippen LogP contribution is -2.23. The second-order valence-electron chi connectivity index (χ2n) is 4.21. The fraction of sp³-hybridized carbons (Fsp3) is 0.538. The monoisotopic (exact) mass is 241 g/mol. The third-order valence-electron chi connectivity index (χ3n) is 2.27. The Kier molecular flexibility index (Phi) is 6.27. The highest BCUT2D eigenvalue weighted by Gasteiger charge is 1.98. The maximum absolute atomic E-state index is 5.96. The van der Waals surface area contributed by atoms with Crippen molar-refractivity contribution in [3.63, 3.8) is 0 Å². The largest absolute Gasteiger partial charge is 0.491 e. The molecule has 0 aliphatic carbocycles. The van der Waals surface area contributed by atoms with Gasteiger partial charge < -0.3 is 10.1 Å². The second-order valence-corrected chi connectivity index (χ2v) is 4.62. The van der Waals surface area contributed by atoms with Crippen LogP contribution < -0.4 is 10.1 Å². The summed E-state index contributed by atoms with van der Waals surface area (Å²) in [4.78, 5) is 0. The van der Waals surface area contributed by atoms with Crippen LogP contribution in [-0.4, -0.2) is 19.7 Å². The van der Waals surface area contributed by atoms with E-state index < -0.39 is 0 Å². The SMILES string of the molecule is CC(C)CCNCCOc1ccccc1Cl. The Morgan fingerprint density at radius 2 is 2.00 bits per heavy atom. The minimum absolute atomic E-state index is 0.655. The molecular weight excluding hydrogens is 222 g/mol. The minimum Gasteiger partial charge on any atom is -0.491 e. The van der Waals surface area contributed by atoms with Crippen LogP contribution in [0.15, 0.2) is 24.3 Å². The highest BCUT2D eigenvalue weighted by molar-refractivity contribution is 6.32. The average Bonchev–Trinajstić information content (AvgIpc) is 2.25. The number of halogens is 1. The summed E-state index contributed by atoms with van der Waals surface area (Å²) in [6.07, 6.45) is 1.20. The lowest BCUT2D eigenvalue weighted by atomic mass is 10.1. The van der Waals surface area contributed by atoms with Crippen LogP contribution in [-0.2, 0) is 0 Å². The minimum atomic E-state index is 0.655. The summed E-state index contributed by atoms with van der Waals surface area (Å²) in [5.74, 6) is 1.51. The van der Waals surface area contributed by atoms with E-state index in [0.717, 1.165) is 24.8 Å². The van der Waals surface area contributed by atoms with E-state index in [2.05, 4.69) is 19.2 Å². The Morgan fingerprint density at radius 1 is 1.25 bits per heavy atom. The Bertz CT molecular complexity index is 302.